The Morgan fingerprint density at radius 3 is 2.93 bits per heavy atom. The first kappa shape index (κ1) is 9.40. The largest absolute Gasteiger partial charge is 0.495 e. The predicted octanol–water partition coefficient (Wildman–Crippen LogP) is 1.07. The highest BCUT2D eigenvalue weighted by Crippen LogP contribution is 2.28. The highest BCUT2D eigenvalue weighted by Gasteiger charge is 2.26. The monoisotopic (exact) mass is 195 g/mol. The van der Waals surface area contributed by atoms with Crippen molar-refractivity contribution in [2.24, 2.45) is 4.99 Å². The average Bonchev–Trinajstić information content (AvgIpc) is 3.01. The summed E-state index contributed by atoms with van der Waals surface area (Å²) in [6.07, 6.45) is 5.30. The van der Waals surface area contributed by atoms with Crippen LogP contribution in [0.15, 0.2) is 16.8 Å². The molecule has 4 heteroatoms. The molecule has 76 valence electrons. The van der Waals surface area contributed by atoms with Gasteiger partial charge in [0.05, 0.1) is 18.2 Å². The topological polar surface area (TPSA) is 47.9 Å². The summed E-state index contributed by atoms with van der Waals surface area (Å²) in [5.74, 6) is 0.816. The average molecular weight is 195 g/mol. The van der Waals surface area contributed by atoms with Crippen LogP contribution in [0.2, 0.25) is 0 Å². The Morgan fingerprint density at radius 1 is 1.57 bits per heavy atom. The number of dihydropyridines is 1. The lowest BCUT2D eigenvalue weighted by atomic mass is 10.2. The van der Waals surface area contributed by atoms with Gasteiger partial charge >= 0.3 is 0 Å². The quantitative estimate of drug-likeness (QED) is 0.630. The molecule has 0 spiro atoms. The van der Waals surface area contributed by atoms with Crippen LogP contribution >= 0.6 is 0 Å². The molecule has 2 aliphatic rings. The fraction of sp³-hybridized carbons (Fsp3) is 0.600. The first-order chi connectivity index (χ1) is 6.81. The molecule has 1 aliphatic carbocycles. The Hall–Kier alpha value is -1.16. The predicted molar refractivity (Wildman–Crippen MR) is 51.1 cm³/mol. The zero-order chi connectivity index (χ0) is 9.97. The first-order valence-electron chi connectivity index (χ1n) is 4.74. The van der Waals surface area contributed by atoms with Crippen LogP contribution in [-0.4, -0.2) is 31.4 Å². The second-order valence-corrected chi connectivity index (χ2v) is 3.49. The van der Waals surface area contributed by atoms with Crippen LogP contribution in [0.4, 0.5) is 0 Å². The Bertz CT molecular complexity index is 292. The smallest absolute Gasteiger partial charge is 0.170 e. The molecule has 1 heterocycles. The van der Waals surface area contributed by atoms with E-state index in [4.69, 9.17) is 9.47 Å². The molecule has 0 aromatic carbocycles. The molecule has 1 fully saturated rings. The van der Waals surface area contributed by atoms with E-state index in [0.29, 0.717) is 18.2 Å². The first-order valence-corrected chi connectivity index (χ1v) is 4.74. The summed E-state index contributed by atoms with van der Waals surface area (Å²) < 4.78 is 10.7. The van der Waals surface area contributed by atoms with Gasteiger partial charge in [-0.1, -0.05) is 0 Å². The van der Waals surface area contributed by atoms with E-state index in [2.05, 4.69) is 4.99 Å². The Balaban J connectivity index is 2.02. The molecule has 0 radical (unpaired) electrons. The van der Waals surface area contributed by atoms with Crippen LogP contribution in [0.5, 0.6) is 0 Å². The van der Waals surface area contributed by atoms with Crippen molar-refractivity contribution >= 4 is 12.0 Å². The van der Waals surface area contributed by atoms with Gasteiger partial charge in [0.2, 0.25) is 0 Å². The van der Waals surface area contributed by atoms with Gasteiger partial charge in [0, 0.05) is 13.2 Å². The highest BCUT2D eigenvalue weighted by molar-refractivity contribution is 6.29. The van der Waals surface area contributed by atoms with Crippen molar-refractivity contribution in [3.05, 3.63) is 11.8 Å². The van der Waals surface area contributed by atoms with E-state index >= 15 is 0 Å². The molecule has 1 aliphatic heterocycles. The zero-order valence-corrected chi connectivity index (χ0v) is 8.10. The number of hydrogen-bond acceptors (Lipinski definition) is 4. The Morgan fingerprint density at radius 2 is 2.36 bits per heavy atom. The number of rotatable bonds is 4. The van der Waals surface area contributed by atoms with Crippen LogP contribution in [0, 0.1) is 0 Å². The number of methoxy groups -OCH3 is 1. The summed E-state index contributed by atoms with van der Waals surface area (Å²) in [7, 11) is 1.56. The Labute approximate surface area is 82.6 Å². The summed E-state index contributed by atoms with van der Waals surface area (Å²) in [5, 5.41) is 0. The molecule has 0 N–H and O–H groups in total. The van der Waals surface area contributed by atoms with Gasteiger partial charge in [-0.2, -0.15) is 0 Å². The van der Waals surface area contributed by atoms with Crippen molar-refractivity contribution in [2.45, 2.75) is 31.6 Å². The zero-order valence-electron chi connectivity index (χ0n) is 8.10. The SMILES string of the molecule is COC1C=C(OC2CC2)CC(C=O)=N1. The van der Waals surface area contributed by atoms with E-state index < -0.39 is 0 Å². The lowest BCUT2D eigenvalue weighted by molar-refractivity contribution is -0.102. The van der Waals surface area contributed by atoms with E-state index in [-0.39, 0.29) is 6.23 Å². The van der Waals surface area contributed by atoms with E-state index in [0.717, 1.165) is 24.9 Å². The fourth-order valence-corrected chi connectivity index (χ4v) is 1.32. The molecule has 4 nitrogen and oxygen atoms in total. The molecule has 0 amide bonds. The second kappa shape index (κ2) is 3.92. The van der Waals surface area contributed by atoms with Crippen molar-refractivity contribution in [2.75, 3.05) is 7.11 Å². The number of allylic oxidation sites excluding steroid dienone is 1. The maximum absolute atomic E-state index is 10.6. The highest BCUT2D eigenvalue weighted by atomic mass is 16.5. The van der Waals surface area contributed by atoms with Crippen molar-refractivity contribution in [3.63, 3.8) is 0 Å². The van der Waals surface area contributed by atoms with Gasteiger partial charge in [0.1, 0.15) is 5.76 Å². The van der Waals surface area contributed by atoms with Crippen molar-refractivity contribution in [1.29, 1.82) is 0 Å². The molecule has 0 bridgehead atoms. The normalized spacial score (nSPS) is 26.5. The van der Waals surface area contributed by atoms with E-state index in [9.17, 15) is 4.79 Å². The summed E-state index contributed by atoms with van der Waals surface area (Å²) >= 11 is 0. The van der Waals surface area contributed by atoms with Crippen molar-refractivity contribution in [1.82, 2.24) is 0 Å². The summed E-state index contributed by atoms with van der Waals surface area (Å²) in [6, 6.07) is 0. The number of carbonyl (C=O) groups is 1. The maximum Gasteiger partial charge on any atom is 0.170 e. The Kier molecular flexibility index (Phi) is 2.63. The number of carbonyl (C=O) groups excluding carboxylic acids is 1. The minimum Gasteiger partial charge on any atom is -0.495 e. The van der Waals surface area contributed by atoms with Crippen LogP contribution < -0.4 is 0 Å². The molecule has 1 unspecified atom stereocenters. The van der Waals surface area contributed by atoms with Gasteiger partial charge in [-0.05, 0) is 12.8 Å². The molecule has 0 saturated heterocycles. The lowest BCUT2D eigenvalue weighted by Crippen LogP contribution is -2.18. The van der Waals surface area contributed by atoms with Crippen LogP contribution in [0.1, 0.15) is 19.3 Å². The molecule has 1 saturated carbocycles. The number of ether oxygens (including phenoxy) is 2. The molecule has 0 aromatic rings. The molecular formula is C10H13NO3. The number of aldehydes is 1. The lowest BCUT2D eigenvalue weighted by Gasteiger charge is -2.17. The van der Waals surface area contributed by atoms with Gasteiger partial charge in [0.15, 0.2) is 12.5 Å². The number of nitrogens with zero attached hydrogens (tertiary/aromatic N) is 1. The number of aliphatic imine (C=N–C) groups is 1. The van der Waals surface area contributed by atoms with Crippen molar-refractivity contribution in [3.8, 4) is 0 Å². The van der Waals surface area contributed by atoms with Gasteiger partial charge in [-0.3, -0.25) is 9.79 Å². The van der Waals surface area contributed by atoms with Crippen molar-refractivity contribution < 1.29 is 14.3 Å². The molecular weight excluding hydrogens is 182 g/mol. The third-order valence-corrected chi connectivity index (χ3v) is 2.20. The summed E-state index contributed by atoms with van der Waals surface area (Å²) in [4.78, 5) is 14.7. The standard InChI is InChI=1S/C10H13NO3/c1-13-10-5-9(14-8-2-3-8)4-7(6-12)11-10/h5-6,8,10H,2-4H2,1H3. The van der Waals surface area contributed by atoms with E-state index in [1.807, 2.05) is 6.08 Å². The summed E-state index contributed by atoms with van der Waals surface area (Å²) in [6.45, 7) is 0. The van der Waals surface area contributed by atoms with E-state index in [1.54, 1.807) is 7.11 Å². The van der Waals surface area contributed by atoms with Gasteiger partial charge in [-0.25, -0.2) is 0 Å². The molecule has 14 heavy (non-hydrogen) atoms. The van der Waals surface area contributed by atoms with E-state index in [1.165, 1.54) is 0 Å². The molecule has 1 atom stereocenters. The minimum atomic E-state index is -0.363. The number of hydrogen-bond donors (Lipinski definition) is 0. The van der Waals surface area contributed by atoms with Crippen LogP contribution in [-0.2, 0) is 14.3 Å². The van der Waals surface area contributed by atoms with Gasteiger partial charge in [-0.15, -0.1) is 0 Å². The second-order valence-electron chi connectivity index (χ2n) is 3.49. The van der Waals surface area contributed by atoms with Crippen LogP contribution in [0.25, 0.3) is 0 Å². The van der Waals surface area contributed by atoms with Gasteiger partial charge in [0.25, 0.3) is 0 Å². The molecule has 0 aromatic heterocycles. The molecule has 2 rings (SSSR count). The third-order valence-electron chi connectivity index (χ3n) is 2.20. The summed E-state index contributed by atoms with van der Waals surface area (Å²) in [5.41, 5.74) is 0.495. The maximum atomic E-state index is 10.6. The minimum absolute atomic E-state index is 0.352. The third kappa shape index (κ3) is 2.20. The fourth-order valence-electron chi connectivity index (χ4n) is 1.32. The van der Waals surface area contributed by atoms with Gasteiger partial charge < -0.3 is 9.47 Å². The van der Waals surface area contributed by atoms with Crippen LogP contribution in [0.3, 0.4) is 0 Å².